The Kier molecular flexibility index (Phi) is 8.29. The second-order valence-corrected chi connectivity index (χ2v) is 5.99. The minimum Gasteiger partial charge on any atom is -0.383 e. The summed E-state index contributed by atoms with van der Waals surface area (Å²) in [5.74, 6) is 1.32. The monoisotopic (exact) mass is 235 g/mol. The molecule has 0 aromatic rings. The molecule has 0 bridgehead atoms. The predicted octanol–water partition coefficient (Wildman–Crippen LogP) is 1.40. The maximum atomic E-state index is 11.0. The molecule has 0 saturated carbocycles. The Bertz CT molecular complexity index is 185. The van der Waals surface area contributed by atoms with E-state index in [1.54, 1.807) is 13.4 Å². The zero-order chi connectivity index (χ0) is 11.8. The molecule has 4 heteroatoms. The summed E-state index contributed by atoms with van der Waals surface area (Å²) in [6.45, 7) is 7.23. The smallest absolute Gasteiger partial charge is 0.0618 e. The molecule has 1 N–H and O–H groups in total. The molecule has 0 aliphatic rings. The Hall–Kier alpha value is 0.0700. The van der Waals surface area contributed by atoms with Crippen LogP contribution in [0.3, 0.4) is 0 Å². The van der Waals surface area contributed by atoms with Gasteiger partial charge in [-0.25, -0.2) is 0 Å². The number of methoxy groups -OCH3 is 1. The van der Waals surface area contributed by atoms with E-state index in [1.165, 1.54) is 0 Å². The quantitative estimate of drug-likeness (QED) is 0.691. The van der Waals surface area contributed by atoms with E-state index < -0.39 is 10.8 Å². The SMILES string of the molecule is COCC(NC(C)CCS(C)=O)C(C)C. The van der Waals surface area contributed by atoms with E-state index in [0.717, 1.165) is 18.8 Å². The van der Waals surface area contributed by atoms with Crippen LogP contribution in [-0.4, -0.2) is 42.0 Å². The first-order valence-electron chi connectivity index (χ1n) is 5.52. The molecule has 0 aromatic heterocycles. The van der Waals surface area contributed by atoms with E-state index in [9.17, 15) is 4.21 Å². The van der Waals surface area contributed by atoms with Crippen LogP contribution in [0.4, 0.5) is 0 Å². The van der Waals surface area contributed by atoms with Crippen molar-refractivity contribution >= 4 is 10.8 Å². The van der Waals surface area contributed by atoms with Gasteiger partial charge in [-0.1, -0.05) is 13.8 Å². The highest BCUT2D eigenvalue weighted by Gasteiger charge is 2.15. The third-order valence-electron chi connectivity index (χ3n) is 2.49. The minimum atomic E-state index is -0.687. The van der Waals surface area contributed by atoms with E-state index in [1.807, 2.05) is 0 Å². The average molecular weight is 235 g/mol. The lowest BCUT2D eigenvalue weighted by molar-refractivity contribution is 0.141. The molecule has 3 nitrogen and oxygen atoms in total. The van der Waals surface area contributed by atoms with Gasteiger partial charge in [0.2, 0.25) is 0 Å². The molecule has 0 aliphatic carbocycles. The van der Waals surface area contributed by atoms with Crippen LogP contribution in [0.15, 0.2) is 0 Å². The summed E-state index contributed by atoms with van der Waals surface area (Å²) in [5, 5.41) is 3.51. The molecule has 15 heavy (non-hydrogen) atoms. The lowest BCUT2D eigenvalue weighted by Crippen LogP contribution is -2.43. The summed E-state index contributed by atoms with van der Waals surface area (Å²) >= 11 is 0. The first-order valence-corrected chi connectivity index (χ1v) is 7.25. The highest BCUT2D eigenvalue weighted by Crippen LogP contribution is 2.04. The Morgan fingerprint density at radius 3 is 2.33 bits per heavy atom. The molecular formula is C11H25NO2S. The van der Waals surface area contributed by atoms with E-state index in [2.05, 4.69) is 26.1 Å². The van der Waals surface area contributed by atoms with Gasteiger partial charge in [0, 0.05) is 42.0 Å². The third kappa shape index (κ3) is 7.94. The molecule has 92 valence electrons. The Morgan fingerprint density at radius 2 is 1.93 bits per heavy atom. The van der Waals surface area contributed by atoms with Gasteiger partial charge < -0.3 is 10.1 Å². The summed E-state index contributed by atoms with van der Waals surface area (Å²) < 4.78 is 16.1. The predicted molar refractivity (Wildman–Crippen MR) is 66.7 cm³/mol. The van der Waals surface area contributed by atoms with E-state index >= 15 is 0 Å². The van der Waals surface area contributed by atoms with Crippen LogP contribution in [0.2, 0.25) is 0 Å². The Labute approximate surface area is 96.4 Å². The highest BCUT2D eigenvalue weighted by atomic mass is 32.2. The number of hydrogen-bond donors (Lipinski definition) is 1. The molecule has 0 fully saturated rings. The molecule has 0 saturated heterocycles. The zero-order valence-electron chi connectivity index (χ0n) is 10.6. The summed E-state index contributed by atoms with van der Waals surface area (Å²) in [7, 11) is 1.04. The van der Waals surface area contributed by atoms with Crippen molar-refractivity contribution < 1.29 is 8.95 Å². The van der Waals surface area contributed by atoms with E-state index in [0.29, 0.717) is 18.0 Å². The number of rotatable bonds is 8. The maximum absolute atomic E-state index is 11.0. The van der Waals surface area contributed by atoms with Gasteiger partial charge in [0.05, 0.1) is 6.61 Å². The van der Waals surface area contributed by atoms with Gasteiger partial charge in [-0.2, -0.15) is 0 Å². The van der Waals surface area contributed by atoms with Crippen molar-refractivity contribution in [3.63, 3.8) is 0 Å². The van der Waals surface area contributed by atoms with Crippen LogP contribution in [-0.2, 0) is 15.5 Å². The van der Waals surface area contributed by atoms with Crippen molar-refractivity contribution in [1.82, 2.24) is 5.32 Å². The second kappa shape index (κ2) is 8.25. The zero-order valence-corrected chi connectivity index (χ0v) is 11.4. The summed E-state index contributed by atoms with van der Waals surface area (Å²) in [4.78, 5) is 0. The van der Waals surface area contributed by atoms with Crippen molar-refractivity contribution in [2.75, 3.05) is 25.7 Å². The van der Waals surface area contributed by atoms with Crippen molar-refractivity contribution in [2.24, 2.45) is 5.92 Å². The van der Waals surface area contributed by atoms with Gasteiger partial charge >= 0.3 is 0 Å². The van der Waals surface area contributed by atoms with E-state index in [-0.39, 0.29) is 0 Å². The van der Waals surface area contributed by atoms with Crippen LogP contribution >= 0.6 is 0 Å². The molecule has 3 unspecified atom stereocenters. The number of ether oxygens (including phenoxy) is 1. The van der Waals surface area contributed by atoms with E-state index in [4.69, 9.17) is 4.74 Å². The number of nitrogens with one attached hydrogen (secondary N) is 1. The van der Waals surface area contributed by atoms with Crippen LogP contribution in [0, 0.1) is 5.92 Å². The molecule has 0 radical (unpaired) electrons. The first-order chi connectivity index (χ1) is 6.97. The van der Waals surface area contributed by atoms with Crippen LogP contribution in [0.5, 0.6) is 0 Å². The van der Waals surface area contributed by atoms with Gasteiger partial charge in [0.25, 0.3) is 0 Å². The Morgan fingerprint density at radius 1 is 1.33 bits per heavy atom. The highest BCUT2D eigenvalue weighted by molar-refractivity contribution is 7.84. The van der Waals surface area contributed by atoms with Crippen LogP contribution < -0.4 is 5.32 Å². The molecule has 0 rings (SSSR count). The third-order valence-corrected chi connectivity index (χ3v) is 3.30. The van der Waals surface area contributed by atoms with Crippen molar-refractivity contribution in [3.8, 4) is 0 Å². The lowest BCUT2D eigenvalue weighted by atomic mass is 10.0. The standard InChI is InChI=1S/C11H25NO2S/c1-9(2)11(8-14-4)12-10(3)6-7-15(5)13/h9-12H,6-8H2,1-5H3. The normalized spacial score (nSPS) is 17.7. The molecule has 3 atom stereocenters. The topological polar surface area (TPSA) is 38.3 Å². The van der Waals surface area contributed by atoms with Crippen LogP contribution in [0.25, 0.3) is 0 Å². The number of hydrogen-bond acceptors (Lipinski definition) is 3. The summed E-state index contributed by atoms with van der Waals surface area (Å²) in [6.07, 6.45) is 2.71. The van der Waals surface area contributed by atoms with Gasteiger partial charge in [-0.3, -0.25) is 4.21 Å². The first kappa shape index (κ1) is 15.1. The van der Waals surface area contributed by atoms with Gasteiger partial charge in [0.15, 0.2) is 0 Å². The molecule has 0 aliphatic heterocycles. The molecule has 0 aromatic carbocycles. The Balaban J connectivity index is 3.88. The van der Waals surface area contributed by atoms with Gasteiger partial charge in [-0.15, -0.1) is 0 Å². The fraction of sp³-hybridized carbons (Fsp3) is 1.00. The van der Waals surface area contributed by atoms with Gasteiger partial charge in [-0.05, 0) is 19.3 Å². The summed E-state index contributed by atoms with van der Waals surface area (Å²) in [5.41, 5.74) is 0. The fourth-order valence-electron chi connectivity index (χ4n) is 1.40. The fourth-order valence-corrected chi connectivity index (χ4v) is 2.09. The molecule has 0 spiro atoms. The second-order valence-electron chi connectivity index (χ2n) is 4.44. The lowest BCUT2D eigenvalue weighted by Gasteiger charge is -2.25. The van der Waals surface area contributed by atoms with Crippen molar-refractivity contribution in [2.45, 2.75) is 39.3 Å². The maximum Gasteiger partial charge on any atom is 0.0618 e. The molecule has 0 amide bonds. The summed E-state index contributed by atoms with van der Waals surface area (Å²) in [6, 6.07) is 0.784. The van der Waals surface area contributed by atoms with Gasteiger partial charge in [0.1, 0.15) is 0 Å². The minimum absolute atomic E-state index is 0.385. The molecular weight excluding hydrogens is 210 g/mol. The average Bonchev–Trinajstić information content (AvgIpc) is 2.14. The van der Waals surface area contributed by atoms with Crippen molar-refractivity contribution in [1.29, 1.82) is 0 Å². The largest absolute Gasteiger partial charge is 0.383 e. The van der Waals surface area contributed by atoms with Crippen LogP contribution in [0.1, 0.15) is 27.2 Å². The molecule has 0 heterocycles. The van der Waals surface area contributed by atoms with Crippen molar-refractivity contribution in [3.05, 3.63) is 0 Å².